The third-order valence-electron chi connectivity index (χ3n) is 3.09. The van der Waals surface area contributed by atoms with Crippen molar-refractivity contribution in [1.82, 2.24) is 5.32 Å². The SMILES string of the molecule is O=C(NCC1CCCC1Br)c1ccc([N+](=O)[O-])o1. The lowest BCUT2D eigenvalue weighted by atomic mass is 10.1. The highest BCUT2D eigenvalue weighted by Gasteiger charge is 2.26. The quantitative estimate of drug-likeness (QED) is 0.525. The number of halogens is 1. The monoisotopic (exact) mass is 316 g/mol. The third kappa shape index (κ3) is 2.90. The summed E-state index contributed by atoms with van der Waals surface area (Å²) in [5.74, 6) is -0.432. The molecule has 18 heavy (non-hydrogen) atoms. The molecule has 7 heteroatoms. The molecule has 0 spiro atoms. The first kappa shape index (κ1) is 13.1. The van der Waals surface area contributed by atoms with Crippen molar-refractivity contribution in [2.75, 3.05) is 6.54 Å². The average molecular weight is 317 g/mol. The van der Waals surface area contributed by atoms with Crippen molar-refractivity contribution in [1.29, 1.82) is 0 Å². The maximum absolute atomic E-state index is 11.7. The number of nitro groups is 1. The number of furan rings is 1. The summed E-state index contributed by atoms with van der Waals surface area (Å²) in [6.45, 7) is 0.559. The lowest BCUT2D eigenvalue weighted by Crippen LogP contribution is -2.30. The Hall–Kier alpha value is -1.37. The zero-order valence-electron chi connectivity index (χ0n) is 9.60. The van der Waals surface area contributed by atoms with Crippen molar-refractivity contribution in [2.24, 2.45) is 5.92 Å². The van der Waals surface area contributed by atoms with Crippen molar-refractivity contribution >= 4 is 27.7 Å². The van der Waals surface area contributed by atoms with Gasteiger partial charge >= 0.3 is 5.88 Å². The summed E-state index contributed by atoms with van der Waals surface area (Å²) in [4.78, 5) is 21.9. The summed E-state index contributed by atoms with van der Waals surface area (Å²) in [5, 5.41) is 13.2. The fourth-order valence-corrected chi connectivity index (χ4v) is 2.86. The standard InChI is InChI=1S/C11H13BrN2O4/c12-8-3-1-2-7(8)6-13-11(15)9-4-5-10(18-9)14(16)17/h4-5,7-8H,1-3,6H2,(H,13,15). The first-order valence-corrected chi connectivity index (χ1v) is 6.66. The fraction of sp³-hybridized carbons (Fsp3) is 0.545. The molecule has 0 aliphatic heterocycles. The van der Waals surface area contributed by atoms with Crippen LogP contribution in [0.5, 0.6) is 0 Å². The number of nitrogens with one attached hydrogen (secondary N) is 1. The van der Waals surface area contributed by atoms with Gasteiger partial charge in [-0.25, -0.2) is 0 Å². The van der Waals surface area contributed by atoms with Crippen LogP contribution >= 0.6 is 15.9 Å². The third-order valence-corrected chi connectivity index (χ3v) is 4.29. The molecule has 2 unspecified atom stereocenters. The van der Waals surface area contributed by atoms with E-state index in [0.29, 0.717) is 17.3 Å². The Morgan fingerprint density at radius 2 is 2.33 bits per heavy atom. The van der Waals surface area contributed by atoms with Crippen molar-refractivity contribution < 1.29 is 14.1 Å². The first-order valence-electron chi connectivity index (χ1n) is 5.74. The maximum atomic E-state index is 11.7. The summed E-state index contributed by atoms with van der Waals surface area (Å²) >= 11 is 3.57. The van der Waals surface area contributed by atoms with Gasteiger partial charge in [-0.15, -0.1) is 0 Å². The van der Waals surface area contributed by atoms with Crippen LogP contribution in [0.4, 0.5) is 5.88 Å². The highest BCUT2D eigenvalue weighted by molar-refractivity contribution is 9.09. The second-order valence-electron chi connectivity index (χ2n) is 4.31. The number of alkyl halides is 1. The average Bonchev–Trinajstić information content (AvgIpc) is 2.94. The predicted octanol–water partition coefficient (Wildman–Crippen LogP) is 2.48. The van der Waals surface area contributed by atoms with Crippen LogP contribution in [0.1, 0.15) is 29.8 Å². The summed E-state index contributed by atoms with van der Waals surface area (Å²) in [5.41, 5.74) is 0. The van der Waals surface area contributed by atoms with E-state index in [1.165, 1.54) is 12.1 Å². The zero-order chi connectivity index (χ0) is 13.1. The van der Waals surface area contributed by atoms with E-state index in [-0.39, 0.29) is 5.76 Å². The maximum Gasteiger partial charge on any atom is 0.433 e. The van der Waals surface area contributed by atoms with E-state index in [1.807, 2.05) is 0 Å². The number of nitrogens with zero attached hydrogens (tertiary/aromatic N) is 1. The Morgan fingerprint density at radius 1 is 1.56 bits per heavy atom. The molecule has 1 heterocycles. The lowest BCUT2D eigenvalue weighted by Gasteiger charge is -2.13. The second kappa shape index (κ2) is 5.51. The highest BCUT2D eigenvalue weighted by Crippen LogP contribution is 2.30. The van der Waals surface area contributed by atoms with Crippen molar-refractivity contribution in [3.05, 3.63) is 28.0 Å². The topological polar surface area (TPSA) is 85.4 Å². The molecule has 6 nitrogen and oxygen atoms in total. The van der Waals surface area contributed by atoms with E-state index >= 15 is 0 Å². The molecule has 1 fully saturated rings. The molecule has 0 saturated heterocycles. The van der Waals surface area contributed by atoms with Crippen LogP contribution in [0.2, 0.25) is 0 Å². The van der Waals surface area contributed by atoms with Crippen LogP contribution in [0.3, 0.4) is 0 Å². The molecule has 1 aliphatic rings. The summed E-state index contributed by atoms with van der Waals surface area (Å²) < 4.78 is 4.83. The zero-order valence-corrected chi connectivity index (χ0v) is 11.2. The van der Waals surface area contributed by atoms with E-state index in [2.05, 4.69) is 21.2 Å². The van der Waals surface area contributed by atoms with Crippen LogP contribution in [0, 0.1) is 16.0 Å². The minimum Gasteiger partial charge on any atom is -0.395 e. The molecule has 1 aromatic rings. The van der Waals surface area contributed by atoms with Gasteiger partial charge in [-0.3, -0.25) is 14.9 Å². The van der Waals surface area contributed by atoms with Crippen LogP contribution in [0.25, 0.3) is 0 Å². The van der Waals surface area contributed by atoms with Crippen LogP contribution in [-0.4, -0.2) is 22.2 Å². The van der Waals surface area contributed by atoms with E-state index in [9.17, 15) is 14.9 Å². The molecule has 1 amide bonds. The van der Waals surface area contributed by atoms with Gasteiger partial charge < -0.3 is 9.73 Å². The number of hydrogen-bond donors (Lipinski definition) is 1. The number of carbonyl (C=O) groups is 1. The van der Waals surface area contributed by atoms with Crippen LogP contribution in [-0.2, 0) is 0 Å². The summed E-state index contributed by atoms with van der Waals surface area (Å²) in [7, 11) is 0. The van der Waals surface area contributed by atoms with Gasteiger partial charge in [0.25, 0.3) is 5.91 Å². The molecule has 2 atom stereocenters. The Balaban J connectivity index is 1.89. The van der Waals surface area contributed by atoms with Crippen molar-refractivity contribution in [3.63, 3.8) is 0 Å². The van der Waals surface area contributed by atoms with E-state index < -0.39 is 16.7 Å². The highest BCUT2D eigenvalue weighted by atomic mass is 79.9. The number of rotatable bonds is 4. The Labute approximate surface area is 112 Å². The van der Waals surface area contributed by atoms with Gasteiger partial charge in [-0.05, 0) is 24.8 Å². The minimum absolute atomic E-state index is 0.0224. The predicted molar refractivity (Wildman–Crippen MR) is 67.8 cm³/mol. The molecule has 1 aliphatic carbocycles. The van der Waals surface area contributed by atoms with Gasteiger partial charge in [0.2, 0.25) is 0 Å². The van der Waals surface area contributed by atoms with Gasteiger partial charge in [-0.2, -0.15) is 0 Å². The summed E-state index contributed by atoms with van der Waals surface area (Å²) in [6.07, 6.45) is 3.35. The minimum atomic E-state index is -0.664. The summed E-state index contributed by atoms with van der Waals surface area (Å²) in [6, 6.07) is 2.49. The molecule has 0 aromatic carbocycles. The molecule has 1 aromatic heterocycles. The normalized spacial score (nSPS) is 22.9. The Bertz CT molecular complexity index is 460. The van der Waals surface area contributed by atoms with Gasteiger partial charge in [0.15, 0.2) is 5.76 Å². The first-order chi connectivity index (χ1) is 8.58. The Morgan fingerprint density at radius 3 is 2.89 bits per heavy atom. The fourth-order valence-electron chi connectivity index (χ4n) is 2.08. The van der Waals surface area contributed by atoms with Crippen LogP contribution in [0.15, 0.2) is 16.5 Å². The molecule has 98 valence electrons. The van der Waals surface area contributed by atoms with Crippen molar-refractivity contribution in [3.8, 4) is 0 Å². The van der Waals surface area contributed by atoms with Crippen molar-refractivity contribution in [2.45, 2.75) is 24.1 Å². The molecule has 0 radical (unpaired) electrons. The molecule has 1 saturated carbocycles. The number of amides is 1. The Kier molecular flexibility index (Phi) is 4.00. The molecular weight excluding hydrogens is 304 g/mol. The smallest absolute Gasteiger partial charge is 0.395 e. The molecule has 0 bridgehead atoms. The van der Waals surface area contributed by atoms with Crippen LogP contribution < -0.4 is 5.32 Å². The molecule has 1 N–H and O–H groups in total. The van der Waals surface area contributed by atoms with Gasteiger partial charge in [0.1, 0.15) is 4.92 Å². The van der Waals surface area contributed by atoms with E-state index in [4.69, 9.17) is 4.42 Å². The van der Waals surface area contributed by atoms with E-state index in [0.717, 1.165) is 19.3 Å². The van der Waals surface area contributed by atoms with Gasteiger partial charge in [0, 0.05) is 11.4 Å². The number of carbonyl (C=O) groups excluding carboxylic acids is 1. The lowest BCUT2D eigenvalue weighted by molar-refractivity contribution is -0.402. The second-order valence-corrected chi connectivity index (χ2v) is 5.49. The van der Waals surface area contributed by atoms with E-state index in [1.54, 1.807) is 0 Å². The molecule has 2 rings (SSSR count). The van der Waals surface area contributed by atoms with Gasteiger partial charge in [-0.1, -0.05) is 22.4 Å². The largest absolute Gasteiger partial charge is 0.433 e. The number of hydrogen-bond acceptors (Lipinski definition) is 4. The van der Waals surface area contributed by atoms with Gasteiger partial charge in [0.05, 0.1) is 6.07 Å². The molecular formula is C11H13BrN2O4.